The first-order chi connectivity index (χ1) is 9.97. The summed E-state index contributed by atoms with van der Waals surface area (Å²) >= 11 is 5.84. The Balaban J connectivity index is 2.05. The molecule has 1 N–H and O–H groups in total. The normalized spacial score (nSPS) is 15.6. The lowest BCUT2D eigenvalue weighted by molar-refractivity contribution is 0.597. The van der Waals surface area contributed by atoms with E-state index in [1.54, 1.807) is 42.4 Å². The van der Waals surface area contributed by atoms with Crippen molar-refractivity contribution in [1.29, 1.82) is 0 Å². The maximum atomic E-state index is 12.2. The van der Waals surface area contributed by atoms with Gasteiger partial charge in [-0.25, -0.2) is 4.98 Å². The minimum absolute atomic E-state index is 0.0631. The summed E-state index contributed by atoms with van der Waals surface area (Å²) in [4.78, 5) is 5.79. The van der Waals surface area contributed by atoms with E-state index in [0.29, 0.717) is 16.5 Å². The molecule has 0 fully saturated rings. The van der Waals surface area contributed by atoms with E-state index < -0.39 is 10.0 Å². The number of anilines is 2. The predicted molar refractivity (Wildman–Crippen MR) is 82.3 cm³/mol. The van der Waals surface area contributed by atoms with Gasteiger partial charge in [0.05, 0.1) is 5.69 Å². The van der Waals surface area contributed by atoms with Gasteiger partial charge in [0, 0.05) is 18.3 Å². The molecular weight excluding hydrogens is 312 g/mol. The maximum absolute atomic E-state index is 12.2. The molecule has 0 atom stereocenters. The first kappa shape index (κ1) is 13.8. The van der Waals surface area contributed by atoms with Crippen molar-refractivity contribution >= 4 is 39.1 Å². The van der Waals surface area contributed by atoms with Crippen molar-refractivity contribution in [1.82, 2.24) is 4.98 Å². The van der Waals surface area contributed by atoms with Gasteiger partial charge in [0.1, 0.15) is 10.7 Å². The Morgan fingerprint density at radius 1 is 1.24 bits per heavy atom. The molecule has 0 bridgehead atoms. The van der Waals surface area contributed by atoms with Gasteiger partial charge in [-0.05, 0) is 30.3 Å². The third kappa shape index (κ3) is 2.57. The monoisotopic (exact) mass is 322 g/mol. The minimum Gasteiger partial charge on any atom is -0.324 e. The fourth-order valence-electron chi connectivity index (χ4n) is 1.92. The lowest BCUT2D eigenvalue weighted by Crippen LogP contribution is -2.36. The van der Waals surface area contributed by atoms with E-state index in [0.717, 1.165) is 0 Å². The standard InChI is InChI=1S/C13H11ClN4O2S/c1-18(12-4-2-3-7-15-12)13-16-10-6-5-9(14)8-11(10)21(19,20)17-13/h2-8H,1H3,(H,16,17). The van der Waals surface area contributed by atoms with Crippen LogP contribution in [0.1, 0.15) is 0 Å². The van der Waals surface area contributed by atoms with Crippen molar-refractivity contribution in [2.75, 3.05) is 17.3 Å². The van der Waals surface area contributed by atoms with Gasteiger partial charge in [-0.2, -0.15) is 8.42 Å². The Morgan fingerprint density at radius 3 is 2.76 bits per heavy atom. The molecule has 0 spiro atoms. The third-order valence-corrected chi connectivity index (χ3v) is 4.53. The number of fused-ring (bicyclic) bond motifs is 1. The Bertz CT molecular complexity index is 821. The molecule has 0 unspecified atom stereocenters. The smallest absolute Gasteiger partial charge is 0.287 e. The second kappa shape index (κ2) is 5.01. The second-order valence-electron chi connectivity index (χ2n) is 4.40. The molecule has 3 rings (SSSR count). The number of halogens is 1. The number of hydrogen-bond acceptors (Lipinski definition) is 5. The molecule has 1 aromatic heterocycles. The summed E-state index contributed by atoms with van der Waals surface area (Å²) in [5.41, 5.74) is 0.437. The van der Waals surface area contributed by atoms with Gasteiger partial charge in [0.25, 0.3) is 10.0 Å². The van der Waals surface area contributed by atoms with Crippen molar-refractivity contribution in [3.05, 3.63) is 47.6 Å². The Morgan fingerprint density at radius 2 is 2.05 bits per heavy atom. The van der Waals surface area contributed by atoms with Gasteiger partial charge >= 0.3 is 0 Å². The fraction of sp³-hybridized carbons (Fsp3) is 0.0769. The van der Waals surface area contributed by atoms with Crippen LogP contribution in [0.2, 0.25) is 5.02 Å². The third-order valence-electron chi connectivity index (χ3n) is 2.99. The van der Waals surface area contributed by atoms with Crippen LogP contribution >= 0.6 is 11.6 Å². The van der Waals surface area contributed by atoms with Crippen LogP contribution in [0.15, 0.2) is 51.9 Å². The molecule has 1 aliphatic heterocycles. The van der Waals surface area contributed by atoms with E-state index >= 15 is 0 Å². The Labute approximate surface area is 127 Å². The summed E-state index contributed by atoms with van der Waals surface area (Å²) in [7, 11) is -2.11. The molecule has 0 saturated heterocycles. The highest BCUT2D eigenvalue weighted by Gasteiger charge is 2.27. The van der Waals surface area contributed by atoms with E-state index in [-0.39, 0.29) is 10.9 Å². The van der Waals surface area contributed by atoms with Crippen LogP contribution in [0, 0.1) is 0 Å². The zero-order valence-electron chi connectivity index (χ0n) is 11.0. The number of rotatable bonds is 1. The lowest BCUT2D eigenvalue weighted by atomic mass is 10.3. The molecule has 8 heteroatoms. The Hall–Kier alpha value is -2.12. The SMILES string of the molecule is CN(C1=NS(=O)(=O)c2cc(Cl)ccc2N1)c1ccccn1. The average Bonchev–Trinajstić information content (AvgIpc) is 2.47. The van der Waals surface area contributed by atoms with Crippen LogP contribution in [-0.2, 0) is 10.0 Å². The van der Waals surface area contributed by atoms with Gasteiger partial charge in [0.2, 0.25) is 5.96 Å². The quantitative estimate of drug-likeness (QED) is 0.872. The number of aromatic nitrogens is 1. The van der Waals surface area contributed by atoms with Crippen molar-refractivity contribution < 1.29 is 8.42 Å². The highest BCUT2D eigenvalue weighted by molar-refractivity contribution is 7.90. The molecule has 0 amide bonds. The van der Waals surface area contributed by atoms with Crippen LogP contribution in [0.25, 0.3) is 0 Å². The number of pyridine rings is 1. The first-order valence-corrected chi connectivity index (χ1v) is 7.85. The highest BCUT2D eigenvalue weighted by Crippen LogP contribution is 2.30. The summed E-state index contributed by atoms with van der Waals surface area (Å²) in [6.07, 6.45) is 1.62. The van der Waals surface area contributed by atoms with E-state index in [2.05, 4.69) is 14.7 Å². The van der Waals surface area contributed by atoms with E-state index in [1.165, 1.54) is 6.07 Å². The molecular formula is C13H11ClN4O2S. The molecule has 21 heavy (non-hydrogen) atoms. The van der Waals surface area contributed by atoms with Gasteiger partial charge in [0.15, 0.2) is 0 Å². The fourth-order valence-corrected chi connectivity index (χ4v) is 3.33. The van der Waals surface area contributed by atoms with Crippen molar-refractivity contribution in [3.63, 3.8) is 0 Å². The number of sulfonamides is 1. The average molecular weight is 323 g/mol. The van der Waals surface area contributed by atoms with Crippen molar-refractivity contribution in [3.8, 4) is 0 Å². The van der Waals surface area contributed by atoms with Crippen molar-refractivity contribution in [2.45, 2.75) is 4.90 Å². The number of hydrogen-bond donors (Lipinski definition) is 1. The predicted octanol–water partition coefficient (Wildman–Crippen LogP) is 2.34. The second-order valence-corrected chi connectivity index (χ2v) is 6.41. The summed E-state index contributed by atoms with van der Waals surface area (Å²) < 4.78 is 28.3. The van der Waals surface area contributed by atoms with Crippen molar-refractivity contribution in [2.24, 2.45) is 4.40 Å². The summed E-state index contributed by atoms with van der Waals surface area (Å²) in [5, 5.41) is 3.32. The molecule has 0 radical (unpaired) electrons. The molecule has 0 saturated carbocycles. The molecule has 108 valence electrons. The molecule has 1 aromatic carbocycles. The van der Waals surface area contributed by atoms with Gasteiger partial charge < -0.3 is 5.32 Å². The van der Waals surface area contributed by atoms with E-state index in [4.69, 9.17) is 11.6 Å². The number of guanidine groups is 1. The molecule has 2 aromatic rings. The van der Waals surface area contributed by atoms with Crippen LogP contribution in [0.5, 0.6) is 0 Å². The molecule has 1 aliphatic rings. The number of nitrogens with one attached hydrogen (secondary N) is 1. The lowest BCUT2D eigenvalue weighted by Gasteiger charge is -2.25. The zero-order chi connectivity index (χ0) is 15.0. The van der Waals surface area contributed by atoms with Crippen LogP contribution in [0.3, 0.4) is 0 Å². The van der Waals surface area contributed by atoms with Gasteiger partial charge in [-0.1, -0.05) is 17.7 Å². The molecule has 2 heterocycles. The van der Waals surface area contributed by atoms with Crippen LogP contribution < -0.4 is 10.2 Å². The topological polar surface area (TPSA) is 74.7 Å². The van der Waals surface area contributed by atoms with Gasteiger partial charge in [-0.3, -0.25) is 4.90 Å². The van der Waals surface area contributed by atoms with Crippen LogP contribution in [0.4, 0.5) is 11.5 Å². The maximum Gasteiger partial charge on any atom is 0.287 e. The van der Waals surface area contributed by atoms with Crippen LogP contribution in [-0.4, -0.2) is 26.4 Å². The zero-order valence-corrected chi connectivity index (χ0v) is 12.6. The summed E-state index contributed by atoms with van der Waals surface area (Å²) in [5.74, 6) is 0.764. The van der Waals surface area contributed by atoms with Gasteiger partial charge in [-0.15, -0.1) is 4.40 Å². The summed E-state index contributed by atoms with van der Waals surface area (Å²) in [6, 6.07) is 9.95. The highest BCUT2D eigenvalue weighted by atomic mass is 35.5. The molecule has 6 nitrogen and oxygen atoms in total. The Kier molecular flexibility index (Phi) is 3.30. The van der Waals surface area contributed by atoms with E-state index in [9.17, 15) is 8.42 Å². The van der Waals surface area contributed by atoms with E-state index in [1.807, 2.05) is 6.07 Å². The summed E-state index contributed by atoms with van der Waals surface area (Å²) in [6.45, 7) is 0. The largest absolute Gasteiger partial charge is 0.324 e. The first-order valence-electron chi connectivity index (χ1n) is 6.04. The number of nitrogens with zero attached hydrogens (tertiary/aromatic N) is 3. The molecule has 0 aliphatic carbocycles. The minimum atomic E-state index is -3.80. The number of benzene rings is 1.